The first-order chi connectivity index (χ1) is 5.31. The second-order valence-electron chi connectivity index (χ2n) is 3.52. The van der Waals surface area contributed by atoms with Crippen LogP contribution in [-0.4, -0.2) is 28.2 Å². The molecule has 1 N–H and O–H groups in total. The summed E-state index contributed by atoms with van der Waals surface area (Å²) in [7, 11) is 0. The van der Waals surface area contributed by atoms with E-state index in [0.29, 0.717) is 12.1 Å². The lowest BCUT2D eigenvalue weighted by molar-refractivity contribution is 0.0651. The van der Waals surface area contributed by atoms with Crippen LogP contribution >= 0.6 is 0 Å². The van der Waals surface area contributed by atoms with E-state index >= 15 is 0 Å². The number of aliphatic hydroxyl groups excluding tert-OH is 1. The molecule has 2 bridgehead atoms. The molecule has 0 amide bonds. The highest BCUT2D eigenvalue weighted by molar-refractivity contribution is 5.00. The Morgan fingerprint density at radius 2 is 1.82 bits per heavy atom. The fourth-order valence-electron chi connectivity index (χ4n) is 2.31. The van der Waals surface area contributed by atoms with Gasteiger partial charge in [0.15, 0.2) is 6.19 Å². The van der Waals surface area contributed by atoms with E-state index in [1.165, 1.54) is 0 Å². The summed E-state index contributed by atoms with van der Waals surface area (Å²) in [6.07, 6.45) is 5.83. The lowest BCUT2D eigenvalue weighted by Crippen LogP contribution is -2.41. The number of piperidine rings is 1. The Kier molecular flexibility index (Phi) is 1.50. The quantitative estimate of drug-likeness (QED) is 0.513. The molecule has 3 nitrogen and oxygen atoms in total. The fraction of sp³-hybridized carbons (Fsp3) is 0.875. The van der Waals surface area contributed by atoms with Crippen molar-refractivity contribution in [2.75, 3.05) is 0 Å². The van der Waals surface area contributed by atoms with Gasteiger partial charge in [-0.3, -0.25) is 0 Å². The molecule has 2 saturated heterocycles. The molecule has 0 aliphatic carbocycles. The Labute approximate surface area is 66.2 Å². The smallest absolute Gasteiger partial charge is 0.179 e. The fourth-order valence-corrected chi connectivity index (χ4v) is 2.31. The van der Waals surface area contributed by atoms with Gasteiger partial charge in [-0.2, -0.15) is 5.26 Å². The summed E-state index contributed by atoms with van der Waals surface area (Å²) in [5, 5.41) is 18.1. The van der Waals surface area contributed by atoms with Gasteiger partial charge in [-0.25, -0.2) is 0 Å². The van der Waals surface area contributed by atoms with Crippen LogP contribution in [0.25, 0.3) is 0 Å². The van der Waals surface area contributed by atoms with Crippen LogP contribution in [0.4, 0.5) is 0 Å². The second kappa shape index (κ2) is 2.38. The van der Waals surface area contributed by atoms with Gasteiger partial charge in [-0.1, -0.05) is 0 Å². The van der Waals surface area contributed by atoms with Crippen LogP contribution in [-0.2, 0) is 0 Å². The summed E-state index contributed by atoms with van der Waals surface area (Å²) >= 11 is 0. The average Bonchev–Trinajstić information content (AvgIpc) is 2.23. The number of nitriles is 1. The van der Waals surface area contributed by atoms with Crippen LogP contribution in [0, 0.1) is 11.5 Å². The van der Waals surface area contributed by atoms with E-state index < -0.39 is 0 Å². The molecule has 2 aliphatic heterocycles. The van der Waals surface area contributed by atoms with Crippen molar-refractivity contribution in [3.8, 4) is 6.19 Å². The van der Waals surface area contributed by atoms with E-state index in [9.17, 15) is 5.11 Å². The molecule has 0 saturated carbocycles. The van der Waals surface area contributed by atoms with E-state index in [0.717, 1.165) is 25.7 Å². The molecular formula is C8H12N2O. The monoisotopic (exact) mass is 152 g/mol. The summed E-state index contributed by atoms with van der Waals surface area (Å²) in [4.78, 5) is 1.87. The third-order valence-corrected chi connectivity index (χ3v) is 2.82. The summed E-state index contributed by atoms with van der Waals surface area (Å²) in [5.41, 5.74) is 0. The summed E-state index contributed by atoms with van der Waals surface area (Å²) < 4.78 is 0. The van der Waals surface area contributed by atoms with E-state index in [1.54, 1.807) is 0 Å². The van der Waals surface area contributed by atoms with Crippen molar-refractivity contribution in [3.63, 3.8) is 0 Å². The molecule has 3 heteroatoms. The van der Waals surface area contributed by atoms with Gasteiger partial charge in [0.25, 0.3) is 0 Å². The molecule has 0 aromatic rings. The summed E-state index contributed by atoms with van der Waals surface area (Å²) in [6.45, 7) is 0. The first-order valence-electron chi connectivity index (χ1n) is 4.17. The largest absolute Gasteiger partial charge is 0.393 e. The zero-order valence-electron chi connectivity index (χ0n) is 6.40. The third-order valence-electron chi connectivity index (χ3n) is 2.82. The van der Waals surface area contributed by atoms with Crippen LogP contribution in [0.5, 0.6) is 0 Å². The van der Waals surface area contributed by atoms with E-state index in [4.69, 9.17) is 5.26 Å². The second-order valence-corrected chi connectivity index (χ2v) is 3.52. The number of nitrogens with zero attached hydrogens (tertiary/aromatic N) is 2. The third kappa shape index (κ3) is 0.982. The normalized spacial score (nSPS) is 42.2. The molecule has 0 aromatic carbocycles. The molecule has 2 aliphatic rings. The van der Waals surface area contributed by atoms with Gasteiger partial charge in [-0.05, 0) is 25.7 Å². The predicted octanol–water partition coefficient (Wildman–Crippen LogP) is 0.455. The predicted molar refractivity (Wildman–Crippen MR) is 39.5 cm³/mol. The highest BCUT2D eigenvalue weighted by Gasteiger charge is 2.39. The minimum absolute atomic E-state index is 0.155. The van der Waals surface area contributed by atoms with Crippen molar-refractivity contribution in [1.29, 1.82) is 5.26 Å². The molecule has 60 valence electrons. The van der Waals surface area contributed by atoms with Crippen molar-refractivity contribution in [1.82, 2.24) is 4.90 Å². The molecule has 2 heterocycles. The van der Waals surface area contributed by atoms with Crippen LogP contribution in [0.3, 0.4) is 0 Å². The van der Waals surface area contributed by atoms with Crippen molar-refractivity contribution in [3.05, 3.63) is 0 Å². The minimum Gasteiger partial charge on any atom is -0.393 e. The topological polar surface area (TPSA) is 47.3 Å². The average molecular weight is 152 g/mol. The SMILES string of the molecule is N#CN1[C@@H]2CC[C@H]1CC(O)C2. The highest BCUT2D eigenvalue weighted by Crippen LogP contribution is 2.34. The van der Waals surface area contributed by atoms with Crippen molar-refractivity contribution in [2.24, 2.45) is 0 Å². The molecule has 0 spiro atoms. The molecule has 11 heavy (non-hydrogen) atoms. The van der Waals surface area contributed by atoms with E-state index in [-0.39, 0.29) is 6.10 Å². The first-order valence-corrected chi connectivity index (χ1v) is 4.17. The summed E-state index contributed by atoms with van der Waals surface area (Å²) in [5.74, 6) is 0. The van der Waals surface area contributed by atoms with Crippen LogP contribution < -0.4 is 0 Å². The maximum atomic E-state index is 9.37. The van der Waals surface area contributed by atoms with Gasteiger partial charge in [0.2, 0.25) is 0 Å². The molecule has 2 rings (SSSR count). The first kappa shape index (κ1) is 6.93. The zero-order valence-corrected chi connectivity index (χ0v) is 6.40. The number of fused-ring (bicyclic) bond motifs is 2. The van der Waals surface area contributed by atoms with Crippen molar-refractivity contribution in [2.45, 2.75) is 43.9 Å². The van der Waals surface area contributed by atoms with Crippen molar-refractivity contribution < 1.29 is 5.11 Å². The van der Waals surface area contributed by atoms with Gasteiger partial charge in [-0.15, -0.1) is 0 Å². The molecule has 2 fully saturated rings. The molecule has 0 radical (unpaired) electrons. The Morgan fingerprint density at radius 3 is 2.27 bits per heavy atom. The molecule has 0 aromatic heterocycles. The molecule has 1 unspecified atom stereocenters. The maximum absolute atomic E-state index is 9.37. The number of rotatable bonds is 0. The van der Waals surface area contributed by atoms with E-state index in [2.05, 4.69) is 6.19 Å². The molecular weight excluding hydrogens is 140 g/mol. The van der Waals surface area contributed by atoms with Gasteiger partial charge in [0.1, 0.15) is 0 Å². The van der Waals surface area contributed by atoms with Gasteiger partial charge in [0, 0.05) is 12.1 Å². The highest BCUT2D eigenvalue weighted by atomic mass is 16.3. The Morgan fingerprint density at radius 1 is 1.27 bits per heavy atom. The lowest BCUT2D eigenvalue weighted by Gasteiger charge is -2.32. The van der Waals surface area contributed by atoms with E-state index in [1.807, 2.05) is 4.90 Å². The van der Waals surface area contributed by atoms with Crippen LogP contribution in [0.15, 0.2) is 0 Å². The van der Waals surface area contributed by atoms with Crippen molar-refractivity contribution >= 4 is 0 Å². The van der Waals surface area contributed by atoms with Gasteiger partial charge in [0.05, 0.1) is 6.10 Å². The van der Waals surface area contributed by atoms with Gasteiger partial charge < -0.3 is 10.0 Å². The van der Waals surface area contributed by atoms with Gasteiger partial charge >= 0.3 is 0 Å². The number of hydrogen-bond donors (Lipinski definition) is 1. The molecule has 3 atom stereocenters. The zero-order chi connectivity index (χ0) is 7.84. The standard InChI is InChI=1S/C8H12N2O/c9-5-10-6-1-2-7(10)4-8(11)3-6/h6-8,11H,1-4H2/t6-,7+,8?. The number of hydrogen-bond acceptors (Lipinski definition) is 3. The number of aliphatic hydroxyl groups is 1. The maximum Gasteiger partial charge on any atom is 0.179 e. The Hall–Kier alpha value is -0.750. The minimum atomic E-state index is -0.155. The lowest BCUT2D eigenvalue weighted by atomic mass is 10.0. The van der Waals surface area contributed by atoms with Crippen LogP contribution in [0.2, 0.25) is 0 Å². The Bertz CT molecular complexity index is 185. The Balaban J connectivity index is 2.14. The summed E-state index contributed by atoms with van der Waals surface area (Å²) in [6, 6.07) is 0.683. The van der Waals surface area contributed by atoms with Crippen LogP contribution in [0.1, 0.15) is 25.7 Å².